The minimum Gasteiger partial charge on any atom is -0.490 e. The summed E-state index contributed by atoms with van der Waals surface area (Å²) in [6.45, 7) is 5.19. The van der Waals surface area contributed by atoms with Crippen LogP contribution in [-0.2, 0) is 20.7 Å². The van der Waals surface area contributed by atoms with Crippen molar-refractivity contribution in [2.75, 3.05) is 26.4 Å². The molecule has 182 valence electrons. The molecule has 0 radical (unpaired) electrons. The van der Waals surface area contributed by atoms with E-state index < -0.39 is 6.10 Å². The first-order valence-electron chi connectivity index (χ1n) is 11.7. The van der Waals surface area contributed by atoms with Crippen molar-refractivity contribution in [3.63, 3.8) is 0 Å². The number of carbonyl (C=O) groups excluding carboxylic acids is 1. The van der Waals surface area contributed by atoms with Gasteiger partial charge in [0.05, 0.1) is 6.61 Å². The molecule has 0 N–H and O–H groups in total. The molecule has 0 amide bonds. The lowest BCUT2D eigenvalue weighted by Crippen LogP contribution is -2.28. The number of carbonyl (C=O) groups is 1. The first-order chi connectivity index (χ1) is 17.2. The van der Waals surface area contributed by atoms with Gasteiger partial charge in [0, 0.05) is 18.6 Å². The molecule has 0 fully saturated rings. The van der Waals surface area contributed by atoms with E-state index >= 15 is 0 Å². The Hall–Kier alpha value is -3.84. The van der Waals surface area contributed by atoms with E-state index in [4.69, 9.17) is 23.4 Å². The van der Waals surface area contributed by atoms with Crippen molar-refractivity contribution in [3.8, 4) is 23.0 Å². The van der Waals surface area contributed by atoms with Crippen molar-refractivity contribution in [1.82, 2.24) is 4.98 Å². The number of esters is 1. The summed E-state index contributed by atoms with van der Waals surface area (Å²) in [4.78, 5) is 16.6. The standard InChI is InChI=1S/C28H29NO6/c1-3-31-26(28(30)32-4-2)18-20-12-14-22(15-13-20)33-16-17-34-23-9-7-8-21(19-23)27-29-24-10-5-6-11-25(24)35-27/h5-15,19,26H,3-4,16-18H2,1-2H3/t26-/m0/s1. The predicted molar refractivity (Wildman–Crippen MR) is 133 cm³/mol. The number of rotatable bonds is 12. The van der Waals surface area contributed by atoms with Crippen LogP contribution in [0.1, 0.15) is 19.4 Å². The molecule has 1 heterocycles. The molecule has 0 aliphatic rings. The van der Waals surface area contributed by atoms with Crippen LogP contribution in [0.2, 0.25) is 0 Å². The van der Waals surface area contributed by atoms with Crippen molar-refractivity contribution in [3.05, 3.63) is 78.4 Å². The number of ether oxygens (including phenoxy) is 4. The maximum Gasteiger partial charge on any atom is 0.335 e. The van der Waals surface area contributed by atoms with Crippen LogP contribution in [0.4, 0.5) is 0 Å². The highest BCUT2D eigenvalue weighted by atomic mass is 16.6. The smallest absolute Gasteiger partial charge is 0.335 e. The zero-order valence-electron chi connectivity index (χ0n) is 19.9. The highest BCUT2D eigenvalue weighted by Crippen LogP contribution is 2.26. The number of hydrogen-bond donors (Lipinski definition) is 0. The SMILES string of the molecule is CCOC(=O)[C@H](Cc1ccc(OCCOc2cccc(-c3nc4ccccc4o3)c2)cc1)OCC. The van der Waals surface area contributed by atoms with Crippen LogP contribution < -0.4 is 9.47 Å². The van der Waals surface area contributed by atoms with Crippen molar-refractivity contribution in [2.45, 2.75) is 26.4 Å². The molecule has 35 heavy (non-hydrogen) atoms. The van der Waals surface area contributed by atoms with E-state index in [-0.39, 0.29) is 5.97 Å². The number of nitrogens with zero attached hydrogens (tertiary/aromatic N) is 1. The minimum absolute atomic E-state index is 0.332. The van der Waals surface area contributed by atoms with Crippen LogP contribution >= 0.6 is 0 Å². The van der Waals surface area contributed by atoms with Gasteiger partial charge >= 0.3 is 5.97 Å². The molecular weight excluding hydrogens is 446 g/mol. The number of benzene rings is 3. The lowest BCUT2D eigenvalue weighted by Gasteiger charge is -2.16. The molecule has 3 aromatic carbocycles. The van der Waals surface area contributed by atoms with E-state index in [1.165, 1.54) is 0 Å². The zero-order chi connectivity index (χ0) is 24.5. The molecule has 0 bridgehead atoms. The second kappa shape index (κ2) is 12.0. The van der Waals surface area contributed by atoms with Gasteiger partial charge in [-0.05, 0) is 61.9 Å². The molecule has 0 spiro atoms. The van der Waals surface area contributed by atoms with Gasteiger partial charge in [-0.1, -0.05) is 30.3 Å². The summed E-state index contributed by atoms with van der Waals surface area (Å²) in [5.74, 6) is 1.65. The quantitative estimate of drug-likeness (QED) is 0.199. The van der Waals surface area contributed by atoms with Crippen molar-refractivity contribution >= 4 is 17.1 Å². The molecule has 4 aromatic rings. The molecule has 7 nitrogen and oxygen atoms in total. The van der Waals surface area contributed by atoms with E-state index in [0.29, 0.717) is 44.5 Å². The van der Waals surface area contributed by atoms with Crippen LogP contribution in [0.5, 0.6) is 11.5 Å². The van der Waals surface area contributed by atoms with Crippen LogP contribution in [0.15, 0.2) is 77.2 Å². The predicted octanol–water partition coefficient (Wildman–Crippen LogP) is 5.46. The van der Waals surface area contributed by atoms with Crippen molar-refractivity contribution in [1.29, 1.82) is 0 Å². The van der Waals surface area contributed by atoms with E-state index in [9.17, 15) is 4.79 Å². The Balaban J connectivity index is 1.27. The van der Waals surface area contributed by atoms with Crippen molar-refractivity contribution < 1.29 is 28.2 Å². The summed E-state index contributed by atoms with van der Waals surface area (Å²) in [5.41, 5.74) is 3.39. The van der Waals surface area contributed by atoms with Crippen LogP contribution in [0, 0.1) is 0 Å². The minimum atomic E-state index is -0.606. The first kappa shape index (κ1) is 24.3. The lowest BCUT2D eigenvalue weighted by atomic mass is 10.1. The number of fused-ring (bicyclic) bond motifs is 1. The lowest BCUT2D eigenvalue weighted by molar-refractivity contribution is -0.156. The highest BCUT2D eigenvalue weighted by molar-refractivity contribution is 5.76. The Morgan fingerprint density at radius 3 is 2.40 bits per heavy atom. The third-order valence-corrected chi connectivity index (χ3v) is 5.26. The summed E-state index contributed by atoms with van der Waals surface area (Å²) < 4.78 is 28.1. The third kappa shape index (κ3) is 6.61. The van der Waals surface area contributed by atoms with Gasteiger partial charge in [0.1, 0.15) is 30.2 Å². The Kier molecular flexibility index (Phi) is 8.35. The summed E-state index contributed by atoms with van der Waals surface area (Å²) in [6.07, 6.45) is -0.155. The molecule has 0 saturated heterocycles. The number of para-hydroxylation sites is 2. The molecule has 0 saturated carbocycles. The second-order valence-corrected chi connectivity index (χ2v) is 7.76. The monoisotopic (exact) mass is 475 g/mol. The number of oxazole rings is 1. The number of aromatic nitrogens is 1. The summed E-state index contributed by atoms with van der Waals surface area (Å²) in [6, 6.07) is 22.9. The molecule has 0 unspecified atom stereocenters. The molecule has 1 aromatic heterocycles. The van der Waals surface area contributed by atoms with E-state index in [2.05, 4.69) is 4.98 Å². The first-order valence-corrected chi connectivity index (χ1v) is 11.7. The molecule has 7 heteroatoms. The Labute approximate surface area is 204 Å². The van der Waals surface area contributed by atoms with Crippen molar-refractivity contribution in [2.24, 2.45) is 0 Å². The molecule has 0 aliphatic heterocycles. The van der Waals surface area contributed by atoms with Gasteiger partial charge in [-0.2, -0.15) is 0 Å². The van der Waals surface area contributed by atoms with Gasteiger partial charge in [-0.25, -0.2) is 9.78 Å². The summed E-state index contributed by atoms with van der Waals surface area (Å²) in [7, 11) is 0. The van der Waals surface area contributed by atoms with Gasteiger partial charge in [-0.3, -0.25) is 0 Å². The number of hydrogen-bond acceptors (Lipinski definition) is 7. The van der Waals surface area contributed by atoms with Gasteiger partial charge in [0.2, 0.25) is 5.89 Å². The normalized spacial score (nSPS) is 11.8. The second-order valence-electron chi connectivity index (χ2n) is 7.76. The largest absolute Gasteiger partial charge is 0.490 e. The fourth-order valence-electron chi connectivity index (χ4n) is 3.62. The average Bonchev–Trinajstić information content (AvgIpc) is 3.32. The van der Waals surface area contributed by atoms with Gasteiger partial charge < -0.3 is 23.4 Å². The van der Waals surface area contributed by atoms with Gasteiger partial charge in [0.25, 0.3) is 0 Å². The maximum atomic E-state index is 12.0. The fourth-order valence-corrected chi connectivity index (χ4v) is 3.62. The van der Waals surface area contributed by atoms with Crippen LogP contribution in [0.3, 0.4) is 0 Å². The van der Waals surface area contributed by atoms with E-state index in [0.717, 1.165) is 28.0 Å². The van der Waals surface area contributed by atoms with Crippen LogP contribution in [0.25, 0.3) is 22.6 Å². The Bertz CT molecular complexity index is 1200. The average molecular weight is 476 g/mol. The molecule has 1 atom stereocenters. The molecular formula is C28H29NO6. The third-order valence-electron chi connectivity index (χ3n) is 5.26. The highest BCUT2D eigenvalue weighted by Gasteiger charge is 2.20. The fraction of sp³-hybridized carbons (Fsp3) is 0.286. The summed E-state index contributed by atoms with van der Waals surface area (Å²) >= 11 is 0. The van der Waals surface area contributed by atoms with Crippen LogP contribution in [-0.4, -0.2) is 43.5 Å². The van der Waals surface area contributed by atoms with Gasteiger partial charge in [0.15, 0.2) is 11.7 Å². The zero-order valence-corrected chi connectivity index (χ0v) is 19.9. The summed E-state index contributed by atoms with van der Waals surface area (Å²) in [5, 5.41) is 0. The van der Waals surface area contributed by atoms with E-state index in [1.54, 1.807) is 6.92 Å². The van der Waals surface area contributed by atoms with E-state index in [1.807, 2.05) is 79.7 Å². The Morgan fingerprint density at radius 1 is 0.886 bits per heavy atom. The van der Waals surface area contributed by atoms with Gasteiger partial charge in [-0.15, -0.1) is 0 Å². The topological polar surface area (TPSA) is 80.0 Å². The molecule has 0 aliphatic carbocycles. The maximum absolute atomic E-state index is 12.0. The molecule has 4 rings (SSSR count). The Morgan fingerprint density at radius 2 is 1.66 bits per heavy atom.